The lowest BCUT2D eigenvalue weighted by molar-refractivity contribution is 0.215. The van der Waals surface area contributed by atoms with Crippen molar-refractivity contribution >= 4 is 5.82 Å². The van der Waals surface area contributed by atoms with Crippen molar-refractivity contribution in [1.82, 2.24) is 14.7 Å². The molecule has 16 heavy (non-hydrogen) atoms. The van der Waals surface area contributed by atoms with Gasteiger partial charge in [-0.25, -0.2) is 0 Å². The Kier molecular flexibility index (Phi) is 4.80. The SMILES string of the molecule is CC(C)N(CCC#N)CCn1ccc(N)n1. The molecular formula is C11H19N5. The van der Waals surface area contributed by atoms with Crippen LogP contribution in [0, 0.1) is 11.3 Å². The second kappa shape index (κ2) is 6.13. The van der Waals surface area contributed by atoms with Crippen LogP contribution in [0.25, 0.3) is 0 Å². The second-order valence-corrected chi connectivity index (χ2v) is 4.04. The van der Waals surface area contributed by atoms with Crippen LogP contribution in [0.2, 0.25) is 0 Å². The summed E-state index contributed by atoms with van der Waals surface area (Å²) in [5, 5.41) is 12.7. The van der Waals surface area contributed by atoms with Crippen LogP contribution in [0.1, 0.15) is 20.3 Å². The van der Waals surface area contributed by atoms with Crippen LogP contribution in [0.4, 0.5) is 5.82 Å². The van der Waals surface area contributed by atoms with Gasteiger partial charge in [-0.1, -0.05) is 0 Å². The van der Waals surface area contributed by atoms with E-state index < -0.39 is 0 Å². The van der Waals surface area contributed by atoms with E-state index >= 15 is 0 Å². The minimum Gasteiger partial charge on any atom is -0.382 e. The minimum absolute atomic E-state index is 0.446. The summed E-state index contributed by atoms with van der Waals surface area (Å²) >= 11 is 0. The van der Waals surface area contributed by atoms with Crippen LogP contribution < -0.4 is 5.73 Å². The first kappa shape index (κ1) is 12.5. The van der Waals surface area contributed by atoms with Crippen molar-refractivity contribution in [1.29, 1.82) is 5.26 Å². The van der Waals surface area contributed by atoms with Gasteiger partial charge in [0, 0.05) is 31.7 Å². The van der Waals surface area contributed by atoms with Gasteiger partial charge in [-0.15, -0.1) is 0 Å². The first-order chi connectivity index (χ1) is 7.63. The smallest absolute Gasteiger partial charge is 0.145 e. The topological polar surface area (TPSA) is 70.9 Å². The Balaban J connectivity index is 2.41. The summed E-state index contributed by atoms with van der Waals surface area (Å²) in [5.74, 6) is 0.549. The molecule has 0 unspecified atom stereocenters. The van der Waals surface area contributed by atoms with Gasteiger partial charge in [0.2, 0.25) is 0 Å². The monoisotopic (exact) mass is 221 g/mol. The molecule has 0 aliphatic rings. The maximum atomic E-state index is 8.57. The highest BCUT2D eigenvalue weighted by Crippen LogP contribution is 2.01. The molecule has 0 amide bonds. The Morgan fingerprint density at radius 2 is 2.31 bits per heavy atom. The van der Waals surface area contributed by atoms with Gasteiger partial charge in [0.05, 0.1) is 12.6 Å². The van der Waals surface area contributed by atoms with E-state index in [0.717, 1.165) is 19.6 Å². The van der Waals surface area contributed by atoms with E-state index in [1.165, 1.54) is 0 Å². The van der Waals surface area contributed by atoms with E-state index in [2.05, 4.69) is 29.9 Å². The molecule has 5 heteroatoms. The molecule has 2 N–H and O–H groups in total. The van der Waals surface area contributed by atoms with E-state index in [1.54, 1.807) is 6.07 Å². The zero-order chi connectivity index (χ0) is 12.0. The largest absolute Gasteiger partial charge is 0.382 e. The Morgan fingerprint density at radius 1 is 1.56 bits per heavy atom. The highest BCUT2D eigenvalue weighted by Gasteiger charge is 2.08. The highest BCUT2D eigenvalue weighted by molar-refractivity contribution is 5.23. The van der Waals surface area contributed by atoms with Gasteiger partial charge in [0.25, 0.3) is 0 Å². The van der Waals surface area contributed by atoms with Crippen molar-refractivity contribution in [2.24, 2.45) is 0 Å². The van der Waals surface area contributed by atoms with Crippen molar-refractivity contribution in [3.63, 3.8) is 0 Å². The first-order valence-electron chi connectivity index (χ1n) is 5.53. The van der Waals surface area contributed by atoms with Gasteiger partial charge in [0.1, 0.15) is 5.82 Å². The third kappa shape index (κ3) is 3.91. The van der Waals surface area contributed by atoms with Gasteiger partial charge >= 0.3 is 0 Å². The number of nitrogens with zero attached hydrogens (tertiary/aromatic N) is 4. The van der Waals surface area contributed by atoms with Crippen molar-refractivity contribution < 1.29 is 0 Å². The number of aromatic nitrogens is 2. The summed E-state index contributed by atoms with van der Waals surface area (Å²) in [6, 6.07) is 4.40. The van der Waals surface area contributed by atoms with E-state index in [-0.39, 0.29) is 0 Å². The van der Waals surface area contributed by atoms with Crippen molar-refractivity contribution in [3.8, 4) is 6.07 Å². The van der Waals surface area contributed by atoms with Crippen LogP contribution >= 0.6 is 0 Å². The molecule has 88 valence electrons. The molecule has 1 rings (SSSR count). The number of nitrogens with two attached hydrogens (primary N) is 1. The van der Waals surface area contributed by atoms with Gasteiger partial charge in [-0.3, -0.25) is 9.58 Å². The summed E-state index contributed by atoms with van der Waals surface area (Å²) in [6.45, 7) is 6.77. The molecule has 0 radical (unpaired) electrons. The molecule has 0 saturated carbocycles. The third-order valence-electron chi connectivity index (χ3n) is 2.52. The fraction of sp³-hybridized carbons (Fsp3) is 0.636. The Morgan fingerprint density at radius 3 is 2.81 bits per heavy atom. The fourth-order valence-electron chi connectivity index (χ4n) is 1.55. The average molecular weight is 221 g/mol. The molecule has 0 spiro atoms. The lowest BCUT2D eigenvalue weighted by Gasteiger charge is -2.25. The number of anilines is 1. The van der Waals surface area contributed by atoms with Crippen LogP contribution in [-0.2, 0) is 6.54 Å². The molecule has 0 saturated heterocycles. The highest BCUT2D eigenvalue weighted by atomic mass is 15.3. The molecule has 0 aromatic carbocycles. The maximum absolute atomic E-state index is 8.57. The first-order valence-corrected chi connectivity index (χ1v) is 5.53. The van der Waals surface area contributed by atoms with Gasteiger partial charge in [0.15, 0.2) is 0 Å². The normalized spacial score (nSPS) is 10.9. The summed E-state index contributed by atoms with van der Waals surface area (Å²) in [6.07, 6.45) is 2.44. The molecule has 0 aliphatic heterocycles. The molecule has 1 heterocycles. The summed E-state index contributed by atoms with van der Waals surface area (Å²) in [5.41, 5.74) is 5.54. The Bertz CT molecular complexity index is 350. The molecule has 1 aromatic heterocycles. The summed E-state index contributed by atoms with van der Waals surface area (Å²) in [7, 11) is 0. The number of hydrogen-bond acceptors (Lipinski definition) is 4. The van der Waals surface area contributed by atoms with Gasteiger partial charge < -0.3 is 5.73 Å². The number of rotatable bonds is 6. The number of hydrogen-bond donors (Lipinski definition) is 1. The van der Waals surface area contributed by atoms with E-state index in [9.17, 15) is 0 Å². The summed E-state index contributed by atoms with van der Waals surface area (Å²) in [4.78, 5) is 2.26. The Hall–Kier alpha value is -1.54. The van der Waals surface area contributed by atoms with Gasteiger partial charge in [-0.05, 0) is 19.9 Å². The van der Waals surface area contributed by atoms with Crippen molar-refractivity contribution in [2.45, 2.75) is 32.9 Å². The molecule has 1 aromatic rings. The number of nitrogen functional groups attached to an aromatic ring is 1. The quantitative estimate of drug-likeness (QED) is 0.780. The van der Waals surface area contributed by atoms with Crippen LogP contribution in [0.5, 0.6) is 0 Å². The van der Waals surface area contributed by atoms with Gasteiger partial charge in [-0.2, -0.15) is 10.4 Å². The molecule has 5 nitrogen and oxygen atoms in total. The predicted octanol–water partition coefficient (Wildman–Crippen LogP) is 1.09. The average Bonchev–Trinajstić information content (AvgIpc) is 2.64. The standard InChI is InChI=1S/C11H19N5/c1-10(2)15(6-3-5-12)8-9-16-7-4-11(13)14-16/h4,7,10H,3,6,8-9H2,1-2H3,(H2,13,14). The zero-order valence-electron chi connectivity index (χ0n) is 9.93. The van der Waals surface area contributed by atoms with Crippen molar-refractivity contribution in [2.75, 3.05) is 18.8 Å². The molecule has 0 fully saturated rings. The predicted molar refractivity (Wildman–Crippen MR) is 63.6 cm³/mol. The van der Waals surface area contributed by atoms with E-state index in [0.29, 0.717) is 18.3 Å². The lowest BCUT2D eigenvalue weighted by atomic mass is 10.3. The Labute approximate surface area is 96.5 Å². The molecule has 0 bridgehead atoms. The number of nitriles is 1. The van der Waals surface area contributed by atoms with E-state index in [4.69, 9.17) is 11.0 Å². The van der Waals surface area contributed by atoms with Crippen LogP contribution in [0.15, 0.2) is 12.3 Å². The van der Waals surface area contributed by atoms with Crippen LogP contribution in [-0.4, -0.2) is 33.8 Å². The fourth-order valence-corrected chi connectivity index (χ4v) is 1.55. The molecular weight excluding hydrogens is 202 g/mol. The molecule has 0 aliphatic carbocycles. The maximum Gasteiger partial charge on any atom is 0.145 e. The van der Waals surface area contributed by atoms with Crippen molar-refractivity contribution in [3.05, 3.63) is 12.3 Å². The minimum atomic E-state index is 0.446. The third-order valence-corrected chi connectivity index (χ3v) is 2.52. The molecule has 0 atom stereocenters. The lowest BCUT2D eigenvalue weighted by Crippen LogP contribution is -2.34. The second-order valence-electron chi connectivity index (χ2n) is 4.04. The summed E-state index contributed by atoms with van der Waals surface area (Å²) < 4.78 is 1.83. The zero-order valence-corrected chi connectivity index (χ0v) is 9.93. The van der Waals surface area contributed by atoms with E-state index in [1.807, 2.05) is 10.9 Å². The van der Waals surface area contributed by atoms with Crippen LogP contribution in [0.3, 0.4) is 0 Å².